The van der Waals surface area contributed by atoms with Gasteiger partial charge in [-0.15, -0.1) is 0 Å². The van der Waals surface area contributed by atoms with Crippen LogP contribution >= 0.6 is 34.8 Å². The molecule has 3 nitrogen and oxygen atoms in total. The van der Waals surface area contributed by atoms with Crippen molar-refractivity contribution in [3.05, 3.63) is 56.7 Å². The molecule has 0 aliphatic rings. The molecule has 0 radical (unpaired) electrons. The average molecular weight is 345 g/mol. The molecule has 110 valence electrons. The zero-order valence-corrected chi connectivity index (χ0v) is 13.5. The number of pyridine rings is 1. The number of methoxy groups -OCH3 is 1. The molecule has 0 N–H and O–H groups in total. The van der Waals surface area contributed by atoms with Gasteiger partial charge in [0.1, 0.15) is 5.78 Å². The highest BCUT2D eigenvalue weighted by Crippen LogP contribution is 2.24. The van der Waals surface area contributed by atoms with Gasteiger partial charge in [-0.3, -0.25) is 4.79 Å². The fourth-order valence-corrected chi connectivity index (χ4v) is 2.43. The second kappa shape index (κ2) is 7.12. The van der Waals surface area contributed by atoms with Crippen LogP contribution in [0.15, 0.2) is 30.5 Å². The summed E-state index contributed by atoms with van der Waals surface area (Å²) in [5.41, 5.74) is 1.47. The van der Waals surface area contributed by atoms with Crippen LogP contribution < -0.4 is 4.74 Å². The Hall–Kier alpha value is -1.29. The van der Waals surface area contributed by atoms with Crippen molar-refractivity contribution in [1.82, 2.24) is 4.98 Å². The van der Waals surface area contributed by atoms with Gasteiger partial charge in [-0.25, -0.2) is 4.98 Å². The van der Waals surface area contributed by atoms with Crippen LogP contribution in [0.3, 0.4) is 0 Å². The van der Waals surface area contributed by atoms with E-state index in [9.17, 15) is 4.79 Å². The van der Waals surface area contributed by atoms with E-state index in [0.29, 0.717) is 26.5 Å². The van der Waals surface area contributed by atoms with E-state index in [1.807, 2.05) is 0 Å². The average Bonchev–Trinajstić information content (AvgIpc) is 2.43. The van der Waals surface area contributed by atoms with Crippen molar-refractivity contribution in [2.24, 2.45) is 0 Å². The zero-order valence-electron chi connectivity index (χ0n) is 11.2. The monoisotopic (exact) mass is 343 g/mol. The van der Waals surface area contributed by atoms with E-state index in [1.54, 1.807) is 24.3 Å². The Balaban J connectivity index is 2.11. The van der Waals surface area contributed by atoms with Gasteiger partial charge >= 0.3 is 0 Å². The van der Waals surface area contributed by atoms with Crippen molar-refractivity contribution in [2.45, 2.75) is 12.8 Å². The lowest BCUT2D eigenvalue weighted by atomic mass is 10.0. The van der Waals surface area contributed by atoms with Crippen LogP contribution in [-0.4, -0.2) is 17.9 Å². The summed E-state index contributed by atoms with van der Waals surface area (Å²) in [6.45, 7) is 0. The van der Waals surface area contributed by atoms with Crippen molar-refractivity contribution in [2.75, 3.05) is 7.11 Å². The molecule has 0 saturated carbocycles. The number of ketones is 1. The largest absolute Gasteiger partial charge is 0.481 e. The minimum Gasteiger partial charge on any atom is -0.481 e. The second-order valence-electron chi connectivity index (χ2n) is 4.46. The second-order valence-corrected chi connectivity index (χ2v) is 5.71. The summed E-state index contributed by atoms with van der Waals surface area (Å²) < 4.78 is 5.13. The molecule has 0 atom stereocenters. The smallest absolute Gasteiger partial charge is 0.216 e. The number of halogens is 3. The molecule has 0 amide bonds. The Morgan fingerprint density at radius 2 is 1.90 bits per heavy atom. The Labute approximate surface area is 137 Å². The molecule has 0 unspecified atom stereocenters. The molecule has 2 aromatic rings. The van der Waals surface area contributed by atoms with E-state index in [0.717, 1.165) is 5.56 Å². The van der Waals surface area contributed by atoms with Crippen LogP contribution in [0.5, 0.6) is 5.88 Å². The fraction of sp³-hybridized carbons (Fsp3) is 0.200. The minimum atomic E-state index is 0.00996. The van der Waals surface area contributed by atoms with Crippen molar-refractivity contribution in [3.8, 4) is 5.88 Å². The number of hydrogen-bond acceptors (Lipinski definition) is 3. The summed E-state index contributed by atoms with van der Waals surface area (Å²) in [5, 5.41) is 1.37. The summed E-state index contributed by atoms with van der Waals surface area (Å²) >= 11 is 17.7. The standard InChI is InChI=1S/C15H12Cl3NO2/c1-21-15-10(6-11(16)8-19-15)7-12(20)4-9-2-3-13(17)14(18)5-9/h2-3,5-6,8H,4,7H2,1H3. The summed E-state index contributed by atoms with van der Waals surface area (Å²) in [6.07, 6.45) is 1.93. The predicted molar refractivity (Wildman–Crippen MR) is 84.7 cm³/mol. The van der Waals surface area contributed by atoms with Gasteiger partial charge in [0.25, 0.3) is 0 Å². The maximum atomic E-state index is 12.2. The van der Waals surface area contributed by atoms with E-state index < -0.39 is 0 Å². The number of ether oxygens (including phenoxy) is 1. The van der Waals surface area contributed by atoms with Gasteiger partial charge in [0.15, 0.2) is 0 Å². The normalized spacial score (nSPS) is 10.5. The molecule has 1 heterocycles. The van der Waals surface area contributed by atoms with Gasteiger partial charge in [0, 0.05) is 24.6 Å². The number of nitrogens with zero attached hydrogens (tertiary/aromatic N) is 1. The summed E-state index contributed by atoms with van der Waals surface area (Å²) in [6, 6.07) is 6.82. The molecule has 21 heavy (non-hydrogen) atoms. The van der Waals surface area contributed by atoms with E-state index in [-0.39, 0.29) is 18.6 Å². The Kier molecular flexibility index (Phi) is 5.45. The number of carbonyl (C=O) groups is 1. The maximum Gasteiger partial charge on any atom is 0.216 e. The Bertz CT molecular complexity index is 674. The van der Waals surface area contributed by atoms with Gasteiger partial charge in [-0.2, -0.15) is 0 Å². The molecule has 0 aliphatic carbocycles. The molecule has 0 aliphatic heterocycles. The highest BCUT2D eigenvalue weighted by atomic mass is 35.5. The molecular formula is C15H12Cl3NO2. The van der Waals surface area contributed by atoms with Crippen molar-refractivity contribution in [1.29, 1.82) is 0 Å². The number of aromatic nitrogens is 1. The first kappa shape index (κ1) is 16.1. The van der Waals surface area contributed by atoms with Gasteiger partial charge < -0.3 is 4.74 Å². The van der Waals surface area contributed by atoms with Crippen LogP contribution in [-0.2, 0) is 17.6 Å². The number of Topliss-reactive ketones (excluding diaryl/α,β-unsaturated/α-hetero) is 1. The SMILES string of the molecule is COc1ncc(Cl)cc1CC(=O)Cc1ccc(Cl)c(Cl)c1. The first-order valence-electron chi connectivity index (χ1n) is 6.13. The highest BCUT2D eigenvalue weighted by Gasteiger charge is 2.12. The molecule has 0 bridgehead atoms. The third kappa shape index (κ3) is 4.34. The van der Waals surface area contributed by atoms with E-state index >= 15 is 0 Å². The van der Waals surface area contributed by atoms with Gasteiger partial charge in [-0.1, -0.05) is 40.9 Å². The molecule has 2 rings (SSSR count). The Morgan fingerprint density at radius 1 is 1.14 bits per heavy atom. The molecule has 1 aromatic heterocycles. The molecule has 0 fully saturated rings. The lowest BCUT2D eigenvalue weighted by molar-refractivity contribution is -0.117. The fourth-order valence-electron chi connectivity index (χ4n) is 1.93. The lowest BCUT2D eigenvalue weighted by Gasteiger charge is -2.07. The summed E-state index contributed by atoms with van der Waals surface area (Å²) in [5.74, 6) is 0.414. The van der Waals surface area contributed by atoms with Gasteiger partial charge in [0.2, 0.25) is 5.88 Å². The number of benzene rings is 1. The van der Waals surface area contributed by atoms with Crippen molar-refractivity contribution >= 4 is 40.6 Å². The minimum absolute atomic E-state index is 0.00996. The molecule has 1 aromatic carbocycles. The lowest BCUT2D eigenvalue weighted by Crippen LogP contribution is -2.08. The molecular weight excluding hydrogens is 333 g/mol. The van der Waals surface area contributed by atoms with Crippen molar-refractivity contribution in [3.63, 3.8) is 0 Å². The molecule has 0 saturated heterocycles. The van der Waals surface area contributed by atoms with E-state index in [4.69, 9.17) is 39.5 Å². The third-order valence-corrected chi connectivity index (χ3v) is 3.80. The molecule has 6 heteroatoms. The number of carbonyl (C=O) groups excluding carboxylic acids is 1. The van der Waals surface area contributed by atoms with Crippen LogP contribution in [0, 0.1) is 0 Å². The predicted octanol–water partition coefficient (Wildman–Crippen LogP) is 4.40. The summed E-state index contributed by atoms with van der Waals surface area (Å²) in [7, 11) is 1.50. The quantitative estimate of drug-likeness (QED) is 0.807. The maximum absolute atomic E-state index is 12.2. The van der Waals surface area contributed by atoms with Crippen molar-refractivity contribution < 1.29 is 9.53 Å². The first-order chi connectivity index (χ1) is 9.99. The van der Waals surface area contributed by atoms with Crippen LogP contribution in [0.1, 0.15) is 11.1 Å². The zero-order chi connectivity index (χ0) is 15.4. The van der Waals surface area contributed by atoms with Crippen LogP contribution in [0.4, 0.5) is 0 Å². The highest BCUT2D eigenvalue weighted by molar-refractivity contribution is 6.42. The molecule has 0 spiro atoms. The van der Waals surface area contributed by atoms with Gasteiger partial charge in [-0.05, 0) is 23.8 Å². The van der Waals surface area contributed by atoms with Crippen LogP contribution in [0.25, 0.3) is 0 Å². The first-order valence-corrected chi connectivity index (χ1v) is 7.27. The summed E-state index contributed by atoms with van der Waals surface area (Å²) in [4.78, 5) is 16.2. The topological polar surface area (TPSA) is 39.2 Å². The van der Waals surface area contributed by atoms with Gasteiger partial charge in [0.05, 0.1) is 22.2 Å². The third-order valence-electron chi connectivity index (χ3n) is 2.86. The number of rotatable bonds is 5. The number of hydrogen-bond donors (Lipinski definition) is 0. The Morgan fingerprint density at radius 3 is 2.57 bits per heavy atom. The van der Waals surface area contributed by atoms with E-state index in [1.165, 1.54) is 13.3 Å². The van der Waals surface area contributed by atoms with Crippen LogP contribution in [0.2, 0.25) is 15.1 Å². The van der Waals surface area contributed by atoms with E-state index in [2.05, 4.69) is 4.98 Å².